The van der Waals surface area contributed by atoms with Crippen LogP contribution in [0.1, 0.15) is 19.8 Å². The van der Waals surface area contributed by atoms with Gasteiger partial charge in [-0.15, -0.1) is 0 Å². The van der Waals surface area contributed by atoms with E-state index in [-0.39, 0.29) is 0 Å². The molecule has 0 aromatic rings. The van der Waals surface area contributed by atoms with Gasteiger partial charge in [-0.1, -0.05) is 0 Å². The molecule has 2 aliphatic rings. The molecule has 3 nitrogen and oxygen atoms in total. The van der Waals surface area contributed by atoms with Crippen molar-refractivity contribution in [3.63, 3.8) is 0 Å². The fourth-order valence-electron chi connectivity index (χ4n) is 1.69. The Labute approximate surface area is 60.4 Å². The Bertz CT molecular complexity index is 229. The third-order valence-corrected chi connectivity index (χ3v) is 2.13. The highest BCUT2D eigenvalue weighted by atomic mass is 15.6. The van der Waals surface area contributed by atoms with Gasteiger partial charge in [0.05, 0.1) is 5.70 Å². The third kappa shape index (κ3) is 0.646. The van der Waals surface area contributed by atoms with E-state index >= 15 is 0 Å². The van der Waals surface area contributed by atoms with Crippen LogP contribution >= 0.6 is 0 Å². The van der Waals surface area contributed by atoms with Gasteiger partial charge in [0.25, 0.3) is 0 Å². The van der Waals surface area contributed by atoms with Crippen molar-refractivity contribution in [2.45, 2.75) is 19.8 Å². The fourth-order valence-corrected chi connectivity index (χ4v) is 1.69. The summed E-state index contributed by atoms with van der Waals surface area (Å²) in [6.07, 6.45) is 4.28. The molecule has 0 aromatic heterocycles. The molecule has 0 aliphatic carbocycles. The Kier molecular flexibility index (Phi) is 1.02. The van der Waals surface area contributed by atoms with E-state index in [1.165, 1.54) is 6.42 Å². The van der Waals surface area contributed by atoms with Gasteiger partial charge in [-0.05, 0) is 6.92 Å². The standard InChI is InChI=1S/C7H12N3/c1-6-5-10(8)4-2-3-7(10)9-6/h5H,2-4,8H2,1H3/q+1. The first kappa shape index (κ1) is 6.07. The van der Waals surface area contributed by atoms with Crippen LogP contribution in [0.2, 0.25) is 0 Å². The molecule has 0 bridgehead atoms. The van der Waals surface area contributed by atoms with E-state index < -0.39 is 0 Å². The largest absolute Gasteiger partial charge is 0.227 e. The molecule has 0 aromatic carbocycles. The monoisotopic (exact) mass is 138 g/mol. The molecule has 0 radical (unpaired) electrons. The predicted octanol–water partition coefficient (Wildman–Crippen LogP) is 0.744. The molecule has 0 amide bonds. The maximum atomic E-state index is 5.99. The Balaban J connectivity index is 2.41. The highest BCUT2D eigenvalue weighted by Crippen LogP contribution is 2.25. The number of hydrogen-bond acceptors (Lipinski definition) is 2. The topological polar surface area (TPSA) is 38.4 Å². The van der Waals surface area contributed by atoms with E-state index in [1.54, 1.807) is 0 Å². The number of amidine groups is 1. The van der Waals surface area contributed by atoms with Gasteiger partial charge < -0.3 is 0 Å². The lowest BCUT2D eigenvalue weighted by atomic mass is 10.4. The van der Waals surface area contributed by atoms with E-state index in [2.05, 4.69) is 4.99 Å². The van der Waals surface area contributed by atoms with Gasteiger partial charge in [-0.25, -0.2) is 0 Å². The van der Waals surface area contributed by atoms with Crippen LogP contribution in [0, 0.1) is 0 Å². The molecule has 2 heterocycles. The maximum absolute atomic E-state index is 5.99. The van der Waals surface area contributed by atoms with E-state index in [0.717, 1.165) is 24.5 Å². The Hall–Kier alpha value is -0.670. The van der Waals surface area contributed by atoms with E-state index in [9.17, 15) is 0 Å². The van der Waals surface area contributed by atoms with Crippen molar-refractivity contribution < 1.29 is 4.59 Å². The van der Waals surface area contributed by atoms with Gasteiger partial charge in [0.2, 0.25) is 5.84 Å². The van der Waals surface area contributed by atoms with Crippen LogP contribution in [-0.2, 0) is 0 Å². The molecular weight excluding hydrogens is 126 g/mol. The van der Waals surface area contributed by atoms with Gasteiger partial charge >= 0.3 is 0 Å². The second kappa shape index (κ2) is 1.68. The minimum absolute atomic E-state index is 0.492. The van der Waals surface area contributed by atoms with Crippen LogP contribution in [0.25, 0.3) is 0 Å². The molecule has 3 heteroatoms. The number of aliphatic imine (C=N–C) groups is 1. The van der Waals surface area contributed by atoms with Gasteiger partial charge in [0, 0.05) is 12.8 Å². The molecule has 1 fully saturated rings. The van der Waals surface area contributed by atoms with Crippen LogP contribution < -0.4 is 5.84 Å². The predicted molar refractivity (Wildman–Crippen MR) is 39.7 cm³/mol. The van der Waals surface area contributed by atoms with Crippen LogP contribution in [0.5, 0.6) is 0 Å². The summed E-state index contributed by atoms with van der Waals surface area (Å²) in [6.45, 7) is 3.02. The summed E-state index contributed by atoms with van der Waals surface area (Å²) >= 11 is 0. The third-order valence-electron chi connectivity index (χ3n) is 2.13. The van der Waals surface area contributed by atoms with E-state index in [1.807, 2.05) is 13.1 Å². The summed E-state index contributed by atoms with van der Waals surface area (Å²) in [5.41, 5.74) is 1.07. The Morgan fingerprint density at radius 2 is 2.50 bits per heavy atom. The van der Waals surface area contributed by atoms with Crippen LogP contribution in [0.15, 0.2) is 16.9 Å². The van der Waals surface area contributed by atoms with Crippen molar-refractivity contribution in [3.05, 3.63) is 11.9 Å². The second-order valence-electron chi connectivity index (χ2n) is 3.06. The van der Waals surface area contributed by atoms with Crippen LogP contribution in [0.3, 0.4) is 0 Å². The van der Waals surface area contributed by atoms with Crippen LogP contribution in [-0.4, -0.2) is 17.0 Å². The summed E-state index contributed by atoms with van der Waals surface area (Å²) in [6, 6.07) is 0. The highest BCUT2D eigenvalue weighted by Gasteiger charge is 2.38. The SMILES string of the molecule is CC1=C[N+]2(N)CCCC2=N1. The highest BCUT2D eigenvalue weighted by molar-refractivity contribution is 5.79. The maximum Gasteiger partial charge on any atom is 0.227 e. The lowest BCUT2D eigenvalue weighted by Crippen LogP contribution is -2.48. The molecule has 2 rings (SSSR count). The number of nitrogens with two attached hydrogens (primary N) is 1. The van der Waals surface area contributed by atoms with Crippen molar-refractivity contribution in [1.29, 1.82) is 0 Å². The van der Waals surface area contributed by atoms with Crippen molar-refractivity contribution >= 4 is 5.84 Å². The lowest BCUT2D eigenvalue weighted by molar-refractivity contribution is -0.791. The molecule has 1 saturated heterocycles. The van der Waals surface area contributed by atoms with Gasteiger partial charge in [-0.3, -0.25) is 0 Å². The zero-order valence-electron chi connectivity index (χ0n) is 6.17. The minimum atomic E-state index is 0.492. The van der Waals surface area contributed by atoms with E-state index in [4.69, 9.17) is 5.84 Å². The second-order valence-corrected chi connectivity index (χ2v) is 3.06. The first-order valence-corrected chi connectivity index (χ1v) is 3.65. The first-order chi connectivity index (χ1) is 4.71. The van der Waals surface area contributed by atoms with Crippen molar-refractivity contribution in [3.8, 4) is 0 Å². The molecule has 10 heavy (non-hydrogen) atoms. The zero-order chi connectivity index (χ0) is 7.19. The number of nitrogens with zero attached hydrogens (tertiary/aromatic N) is 2. The number of fused-ring (bicyclic) bond motifs is 1. The average Bonchev–Trinajstić information content (AvgIpc) is 2.20. The van der Waals surface area contributed by atoms with E-state index in [0.29, 0.717) is 4.59 Å². The molecule has 54 valence electrons. The van der Waals surface area contributed by atoms with Crippen molar-refractivity contribution in [1.82, 2.24) is 0 Å². The van der Waals surface area contributed by atoms with Crippen molar-refractivity contribution in [2.75, 3.05) is 6.54 Å². The molecule has 0 saturated carbocycles. The summed E-state index contributed by atoms with van der Waals surface area (Å²) in [5.74, 6) is 7.12. The van der Waals surface area contributed by atoms with Crippen LogP contribution in [0.4, 0.5) is 0 Å². The number of quaternary nitrogens is 1. The summed E-state index contributed by atoms with van der Waals surface area (Å²) in [5, 5.41) is 0. The zero-order valence-corrected chi connectivity index (χ0v) is 6.17. The van der Waals surface area contributed by atoms with Gasteiger partial charge in [-0.2, -0.15) is 15.4 Å². The molecule has 2 aliphatic heterocycles. The first-order valence-electron chi connectivity index (χ1n) is 3.65. The summed E-state index contributed by atoms with van der Waals surface area (Å²) in [4.78, 5) is 4.35. The molecular formula is C7H12N3+. The number of rotatable bonds is 0. The van der Waals surface area contributed by atoms with Gasteiger partial charge in [0.1, 0.15) is 12.7 Å². The normalized spacial score (nSPS) is 37.4. The Morgan fingerprint density at radius 1 is 1.70 bits per heavy atom. The molecule has 2 N–H and O–H groups in total. The fraction of sp³-hybridized carbons (Fsp3) is 0.571. The lowest BCUT2D eigenvalue weighted by Gasteiger charge is -2.17. The van der Waals surface area contributed by atoms with Gasteiger partial charge in [0.15, 0.2) is 0 Å². The average molecular weight is 138 g/mol. The summed E-state index contributed by atoms with van der Waals surface area (Å²) in [7, 11) is 0. The number of hydrogen-bond donors (Lipinski definition) is 1. The molecule has 1 atom stereocenters. The number of allylic oxidation sites excluding steroid dienone is 1. The minimum Gasteiger partial charge on any atom is -0.198 e. The summed E-state index contributed by atoms with van der Waals surface area (Å²) < 4.78 is 0.492. The smallest absolute Gasteiger partial charge is 0.198 e. The van der Waals surface area contributed by atoms with Crippen molar-refractivity contribution in [2.24, 2.45) is 10.8 Å². The quantitative estimate of drug-likeness (QED) is 0.389. The molecule has 1 unspecified atom stereocenters. The molecule has 0 spiro atoms. The Morgan fingerprint density at radius 3 is 3.20 bits per heavy atom.